The number of rotatable bonds is 3. The van der Waals surface area contributed by atoms with E-state index >= 15 is 0 Å². The first-order valence-corrected chi connectivity index (χ1v) is 7.84. The summed E-state index contributed by atoms with van der Waals surface area (Å²) in [6.07, 6.45) is 3.44. The molecular weight excluding hydrogens is 328 g/mol. The summed E-state index contributed by atoms with van der Waals surface area (Å²) in [5.41, 5.74) is 0.514. The van der Waals surface area contributed by atoms with E-state index in [2.05, 4.69) is 15.0 Å². The fourth-order valence-electron chi connectivity index (χ4n) is 2.58. The Morgan fingerprint density at radius 3 is 2.67 bits per heavy atom. The molecule has 0 bridgehead atoms. The second-order valence-electron chi connectivity index (χ2n) is 5.16. The maximum Gasteiger partial charge on any atom is 0.323 e. The topological polar surface area (TPSA) is 105 Å². The summed E-state index contributed by atoms with van der Waals surface area (Å²) < 4.78 is 0. The maximum atomic E-state index is 11.4. The molecule has 118 valence electrons. The summed E-state index contributed by atoms with van der Waals surface area (Å²) in [6, 6.07) is 10.6. The highest BCUT2D eigenvalue weighted by Crippen LogP contribution is 2.39. The lowest BCUT2D eigenvalue weighted by atomic mass is 10.2. The Kier molecular flexibility index (Phi) is 3.31. The van der Waals surface area contributed by atoms with Gasteiger partial charge in [-0.3, -0.25) is 15.1 Å². The minimum absolute atomic E-state index is 0.0474. The number of aromatic nitrogens is 3. The lowest BCUT2D eigenvalue weighted by Gasteiger charge is -2.07. The molecule has 0 saturated carbocycles. The SMILES string of the molecule is O=c1[nH]c2cc(Sc3cccc4cnccc34)c([N+](=O)[O-])cc2[nH]1. The van der Waals surface area contributed by atoms with Gasteiger partial charge in [0.05, 0.1) is 20.9 Å². The van der Waals surface area contributed by atoms with Gasteiger partial charge >= 0.3 is 5.69 Å². The van der Waals surface area contributed by atoms with Crippen LogP contribution in [-0.2, 0) is 0 Å². The summed E-state index contributed by atoms with van der Waals surface area (Å²) in [6.45, 7) is 0. The molecule has 7 nitrogen and oxygen atoms in total. The highest BCUT2D eigenvalue weighted by Gasteiger charge is 2.18. The van der Waals surface area contributed by atoms with Gasteiger partial charge in [-0.15, -0.1) is 0 Å². The number of H-pyrrole nitrogens is 2. The van der Waals surface area contributed by atoms with E-state index in [0.717, 1.165) is 15.7 Å². The van der Waals surface area contributed by atoms with E-state index in [4.69, 9.17) is 0 Å². The fourth-order valence-corrected chi connectivity index (χ4v) is 3.67. The van der Waals surface area contributed by atoms with Crippen LogP contribution in [0, 0.1) is 10.1 Å². The van der Waals surface area contributed by atoms with Crippen molar-refractivity contribution in [3.8, 4) is 0 Å². The second kappa shape index (κ2) is 5.50. The minimum Gasteiger partial charge on any atom is -0.306 e. The maximum absolute atomic E-state index is 11.4. The third kappa shape index (κ3) is 2.42. The molecule has 0 spiro atoms. The quantitative estimate of drug-likeness (QED) is 0.439. The van der Waals surface area contributed by atoms with Gasteiger partial charge in [0.1, 0.15) is 0 Å². The molecular formula is C16H10N4O3S. The number of aromatic amines is 2. The van der Waals surface area contributed by atoms with Crippen LogP contribution in [-0.4, -0.2) is 19.9 Å². The fraction of sp³-hybridized carbons (Fsp3) is 0. The Hall–Kier alpha value is -3.13. The highest BCUT2D eigenvalue weighted by molar-refractivity contribution is 7.99. The van der Waals surface area contributed by atoms with Gasteiger partial charge in [0.2, 0.25) is 0 Å². The Morgan fingerprint density at radius 1 is 1.08 bits per heavy atom. The number of hydrogen-bond acceptors (Lipinski definition) is 5. The molecule has 24 heavy (non-hydrogen) atoms. The van der Waals surface area contributed by atoms with Gasteiger partial charge in [0, 0.05) is 28.7 Å². The van der Waals surface area contributed by atoms with Crippen molar-refractivity contribution in [3.63, 3.8) is 0 Å². The first-order chi connectivity index (χ1) is 11.6. The number of hydrogen-bond donors (Lipinski definition) is 2. The monoisotopic (exact) mass is 338 g/mol. The zero-order valence-corrected chi connectivity index (χ0v) is 13.0. The number of fused-ring (bicyclic) bond motifs is 2. The molecule has 0 aliphatic heterocycles. The van der Waals surface area contributed by atoms with Gasteiger partial charge in [-0.2, -0.15) is 0 Å². The standard InChI is InChI=1S/C16H10N4O3S/c21-16-18-11-6-13(20(22)23)15(7-12(11)19-16)24-14-3-1-2-9-8-17-5-4-10(9)14/h1-8H,(H2,18,19,21). The van der Waals surface area contributed by atoms with E-state index in [1.54, 1.807) is 18.5 Å². The van der Waals surface area contributed by atoms with Crippen LogP contribution in [0.15, 0.2) is 63.4 Å². The van der Waals surface area contributed by atoms with Crippen molar-refractivity contribution in [2.24, 2.45) is 0 Å². The number of benzene rings is 2. The summed E-state index contributed by atoms with van der Waals surface area (Å²) >= 11 is 1.29. The molecule has 0 atom stereocenters. The molecule has 0 fully saturated rings. The van der Waals surface area contributed by atoms with Crippen molar-refractivity contribution in [2.45, 2.75) is 9.79 Å². The van der Waals surface area contributed by atoms with E-state index in [1.165, 1.54) is 17.8 Å². The zero-order chi connectivity index (χ0) is 16.7. The molecule has 4 aromatic rings. The van der Waals surface area contributed by atoms with Crippen LogP contribution in [0.2, 0.25) is 0 Å². The number of nitrogens with one attached hydrogen (secondary N) is 2. The highest BCUT2D eigenvalue weighted by atomic mass is 32.2. The van der Waals surface area contributed by atoms with Crippen molar-refractivity contribution in [2.75, 3.05) is 0 Å². The van der Waals surface area contributed by atoms with Crippen LogP contribution in [0.1, 0.15) is 0 Å². The van der Waals surface area contributed by atoms with Crippen molar-refractivity contribution >= 4 is 39.3 Å². The van der Waals surface area contributed by atoms with Gasteiger partial charge < -0.3 is 9.97 Å². The van der Waals surface area contributed by atoms with Crippen molar-refractivity contribution in [1.29, 1.82) is 0 Å². The van der Waals surface area contributed by atoms with Gasteiger partial charge in [0.15, 0.2) is 0 Å². The van der Waals surface area contributed by atoms with Gasteiger partial charge in [0.25, 0.3) is 5.69 Å². The summed E-state index contributed by atoms with van der Waals surface area (Å²) in [5.74, 6) is 0. The van der Waals surface area contributed by atoms with Crippen molar-refractivity contribution in [3.05, 3.63) is 69.4 Å². The lowest BCUT2D eigenvalue weighted by molar-refractivity contribution is -0.387. The Labute approximate surface area is 138 Å². The molecule has 2 aromatic carbocycles. The van der Waals surface area contributed by atoms with E-state index in [1.807, 2.05) is 24.3 Å². The van der Waals surface area contributed by atoms with E-state index in [9.17, 15) is 14.9 Å². The van der Waals surface area contributed by atoms with Gasteiger partial charge in [-0.05, 0) is 23.6 Å². The van der Waals surface area contributed by atoms with Gasteiger partial charge in [-0.1, -0.05) is 23.9 Å². The molecule has 0 aliphatic rings. The Balaban J connectivity index is 1.90. The second-order valence-corrected chi connectivity index (χ2v) is 6.24. The van der Waals surface area contributed by atoms with E-state index in [0.29, 0.717) is 15.9 Å². The minimum atomic E-state index is -0.445. The zero-order valence-electron chi connectivity index (χ0n) is 12.1. The first kappa shape index (κ1) is 14.5. The molecule has 0 radical (unpaired) electrons. The molecule has 0 unspecified atom stereocenters. The normalized spacial score (nSPS) is 11.2. The molecule has 0 aliphatic carbocycles. The third-order valence-electron chi connectivity index (χ3n) is 3.65. The largest absolute Gasteiger partial charge is 0.323 e. The van der Waals surface area contributed by atoms with Crippen LogP contribution in [0.3, 0.4) is 0 Å². The molecule has 2 aromatic heterocycles. The molecule has 8 heteroatoms. The molecule has 2 heterocycles. The van der Waals surface area contributed by atoms with Crippen LogP contribution >= 0.6 is 11.8 Å². The lowest BCUT2D eigenvalue weighted by Crippen LogP contribution is -1.99. The average Bonchev–Trinajstić information content (AvgIpc) is 2.93. The van der Waals surface area contributed by atoms with E-state index < -0.39 is 10.6 Å². The third-order valence-corrected chi connectivity index (χ3v) is 4.78. The van der Waals surface area contributed by atoms with Crippen LogP contribution in [0.4, 0.5) is 5.69 Å². The number of nitrogens with zero attached hydrogens (tertiary/aromatic N) is 2. The molecule has 0 saturated heterocycles. The van der Waals surface area contributed by atoms with Crippen molar-refractivity contribution in [1.82, 2.24) is 15.0 Å². The predicted octanol–water partition coefficient (Wildman–Crippen LogP) is 3.46. The van der Waals surface area contributed by atoms with Crippen molar-refractivity contribution < 1.29 is 4.92 Å². The average molecular weight is 338 g/mol. The smallest absolute Gasteiger partial charge is 0.306 e. The van der Waals surface area contributed by atoms with E-state index in [-0.39, 0.29) is 5.69 Å². The Morgan fingerprint density at radius 2 is 1.88 bits per heavy atom. The van der Waals surface area contributed by atoms with Gasteiger partial charge in [-0.25, -0.2) is 4.79 Å². The number of nitro benzene ring substituents is 1. The first-order valence-electron chi connectivity index (χ1n) is 7.03. The predicted molar refractivity (Wildman–Crippen MR) is 91.4 cm³/mol. The molecule has 4 rings (SSSR count). The summed E-state index contributed by atoms with van der Waals surface area (Å²) in [7, 11) is 0. The van der Waals surface area contributed by atoms with Crippen LogP contribution in [0.5, 0.6) is 0 Å². The summed E-state index contributed by atoms with van der Waals surface area (Å²) in [4.78, 5) is 33.0. The van der Waals surface area contributed by atoms with Crippen LogP contribution < -0.4 is 5.69 Å². The molecule has 2 N–H and O–H groups in total. The Bertz CT molecular complexity index is 1140. The molecule has 0 amide bonds. The summed E-state index contributed by atoms with van der Waals surface area (Å²) in [5, 5.41) is 13.3. The van der Waals surface area contributed by atoms with Crippen LogP contribution in [0.25, 0.3) is 21.8 Å². The number of imidazole rings is 1. The number of pyridine rings is 1. The number of nitro groups is 1.